The van der Waals surface area contributed by atoms with E-state index in [0.717, 1.165) is 0 Å². The van der Waals surface area contributed by atoms with Crippen molar-refractivity contribution in [2.24, 2.45) is 5.92 Å². The van der Waals surface area contributed by atoms with E-state index in [4.69, 9.17) is 5.11 Å². The monoisotopic (exact) mass is 201 g/mol. The predicted octanol–water partition coefficient (Wildman–Crippen LogP) is 1.01. The van der Waals surface area contributed by atoms with Crippen LogP contribution < -0.4 is 0 Å². The van der Waals surface area contributed by atoms with E-state index in [0.29, 0.717) is 19.4 Å². The summed E-state index contributed by atoms with van der Waals surface area (Å²) < 4.78 is 0. The molecule has 4 heteroatoms. The van der Waals surface area contributed by atoms with E-state index >= 15 is 0 Å². The van der Waals surface area contributed by atoms with E-state index in [2.05, 4.69) is 0 Å². The van der Waals surface area contributed by atoms with Gasteiger partial charge in [-0.2, -0.15) is 0 Å². The van der Waals surface area contributed by atoms with E-state index in [9.17, 15) is 9.59 Å². The number of rotatable bonds is 7. The lowest BCUT2D eigenvalue weighted by atomic mass is 9.97. The van der Waals surface area contributed by atoms with E-state index < -0.39 is 5.97 Å². The molecule has 0 saturated heterocycles. The molecular formula is C10H19NO3. The minimum atomic E-state index is -0.833. The molecule has 0 saturated carbocycles. The molecule has 0 aliphatic carbocycles. The summed E-state index contributed by atoms with van der Waals surface area (Å²) in [6.45, 7) is 2.45. The van der Waals surface area contributed by atoms with Crippen molar-refractivity contribution in [1.82, 2.24) is 4.90 Å². The lowest BCUT2D eigenvalue weighted by Crippen LogP contribution is -2.25. The van der Waals surface area contributed by atoms with Gasteiger partial charge in [0.1, 0.15) is 5.78 Å². The molecule has 0 spiro atoms. The minimum Gasteiger partial charge on any atom is -0.481 e. The summed E-state index contributed by atoms with van der Waals surface area (Å²) >= 11 is 0. The zero-order valence-corrected chi connectivity index (χ0v) is 9.12. The molecule has 0 radical (unpaired) electrons. The average molecular weight is 201 g/mol. The van der Waals surface area contributed by atoms with Gasteiger partial charge in [-0.1, -0.05) is 6.92 Å². The number of ketones is 1. The highest BCUT2D eigenvalue weighted by Gasteiger charge is 2.16. The van der Waals surface area contributed by atoms with Crippen molar-refractivity contribution in [3.8, 4) is 0 Å². The standard InChI is InChI=1S/C10H19NO3/c1-4-9(12)5-8(6-10(13)14)7-11(2)3/h8H,4-7H2,1-3H3,(H,13,14). The van der Waals surface area contributed by atoms with Gasteiger partial charge in [0.25, 0.3) is 0 Å². The third-order valence-corrected chi connectivity index (χ3v) is 2.00. The molecule has 0 aliphatic heterocycles. The summed E-state index contributed by atoms with van der Waals surface area (Å²) in [7, 11) is 3.76. The summed E-state index contributed by atoms with van der Waals surface area (Å²) in [6.07, 6.45) is 0.939. The van der Waals surface area contributed by atoms with Crippen LogP contribution in [0, 0.1) is 5.92 Å². The van der Waals surface area contributed by atoms with Crippen LogP contribution in [0.25, 0.3) is 0 Å². The van der Waals surface area contributed by atoms with Crippen molar-refractivity contribution in [3.63, 3.8) is 0 Å². The Hall–Kier alpha value is -0.900. The van der Waals surface area contributed by atoms with Crippen LogP contribution in [0.15, 0.2) is 0 Å². The van der Waals surface area contributed by atoms with Gasteiger partial charge in [-0.15, -0.1) is 0 Å². The third kappa shape index (κ3) is 6.60. The van der Waals surface area contributed by atoms with Gasteiger partial charge in [0, 0.05) is 25.8 Å². The Morgan fingerprint density at radius 2 is 1.86 bits per heavy atom. The fraction of sp³-hybridized carbons (Fsp3) is 0.800. The van der Waals surface area contributed by atoms with Crippen molar-refractivity contribution in [2.75, 3.05) is 20.6 Å². The van der Waals surface area contributed by atoms with Crippen molar-refractivity contribution in [1.29, 1.82) is 0 Å². The summed E-state index contributed by atoms with van der Waals surface area (Å²) in [5.74, 6) is -0.756. The predicted molar refractivity (Wildman–Crippen MR) is 54.2 cm³/mol. The highest BCUT2D eigenvalue weighted by Crippen LogP contribution is 2.11. The number of carboxylic acid groups (broad SMARTS) is 1. The Balaban J connectivity index is 4.09. The first-order valence-electron chi connectivity index (χ1n) is 4.84. The molecule has 0 rings (SSSR count). The Morgan fingerprint density at radius 1 is 1.29 bits per heavy atom. The molecule has 0 aromatic heterocycles. The van der Waals surface area contributed by atoms with Crippen LogP contribution in [-0.4, -0.2) is 42.4 Å². The smallest absolute Gasteiger partial charge is 0.303 e. The fourth-order valence-electron chi connectivity index (χ4n) is 1.43. The van der Waals surface area contributed by atoms with Crippen LogP contribution in [0.3, 0.4) is 0 Å². The largest absolute Gasteiger partial charge is 0.481 e. The number of hydrogen-bond acceptors (Lipinski definition) is 3. The highest BCUT2D eigenvalue weighted by molar-refractivity contribution is 5.79. The molecule has 0 bridgehead atoms. The number of carbonyl (C=O) groups excluding carboxylic acids is 1. The molecule has 0 heterocycles. The zero-order valence-electron chi connectivity index (χ0n) is 9.12. The van der Waals surface area contributed by atoms with Crippen molar-refractivity contribution >= 4 is 11.8 Å². The second-order valence-corrected chi connectivity index (χ2v) is 3.82. The molecule has 0 fully saturated rings. The van der Waals surface area contributed by atoms with Gasteiger partial charge in [-0.05, 0) is 20.0 Å². The number of aliphatic carboxylic acids is 1. The van der Waals surface area contributed by atoms with Crippen LogP contribution in [-0.2, 0) is 9.59 Å². The van der Waals surface area contributed by atoms with Crippen molar-refractivity contribution in [3.05, 3.63) is 0 Å². The van der Waals surface area contributed by atoms with Crippen molar-refractivity contribution in [2.45, 2.75) is 26.2 Å². The van der Waals surface area contributed by atoms with Gasteiger partial charge in [0.05, 0.1) is 0 Å². The first kappa shape index (κ1) is 13.1. The molecule has 1 N–H and O–H groups in total. The second-order valence-electron chi connectivity index (χ2n) is 3.82. The van der Waals surface area contributed by atoms with E-state index in [1.165, 1.54) is 0 Å². The van der Waals surface area contributed by atoms with E-state index in [1.54, 1.807) is 6.92 Å². The molecule has 14 heavy (non-hydrogen) atoms. The number of carboxylic acids is 1. The maximum Gasteiger partial charge on any atom is 0.303 e. The molecular weight excluding hydrogens is 182 g/mol. The fourth-order valence-corrected chi connectivity index (χ4v) is 1.43. The lowest BCUT2D eigenvalue weighted by Gasteiger charge is -2.18. The molecule has 1 unspecified atom stereocenters. The minimum absolute atomic E-state index is 0.0602. The zero-order chi connectivity index (χ0) is 11.1. The Labute approximate surface area is 84.9 Å². The topological polar surface area (TPSA) is 57.6 Å². The number of Topliss-reactive ketones (excluding diaryl/α,β-unsaturated/α-hetero) is 1. The Morgan fingerprint density at radius 3 is 2.21 bits per heavy atom. The van der Waals surface area contributed by atoms with Gasteiger partial charge in [-0.3, -0.25) is 9.59 Å². The van der Waals surface area contributed by atoms with Crippen LogP contribution in [0.4, 0.5) is 0 Å². The molecule has 82 valence electrons. The molecule has 1 atom stereocenters. The lowest BCUT2D eigenvalue weighted by molar-refractivity contribution is -0.138. The summed E-state index contributed by atoms with van der Waals surface area (Å²) in [5, 5.41) is 8.65. The SMILES string of the molecule is CCC(=O)CC(CC(=O)O)CN(C)C. The Kier molecular flexibility index (Phi) is 6.12. The molecule has 0 aliphatic rings. The summed E-state index contributed by atoms with van der Waals surface area (Å²) in [6, 6.07) is 0. The first-order chi connectivity index (χ1) is 6.45. The molecule has 4 nitrogen and oxygen atoms in total. The Bertz CT molecular complexity index is 202. The maximum absolute atomic E-state index is 11.2. The van der Waals surface area contributed by atoms with Gasteiger partial charge in [0.15, 0.2) is 0 Å². The van der Waals surface area contributed by atoms with Crippen LogP contribution in [0.2, 0.25) is 0 Å². The second kappa shape index (κ2) is 6.54. The molecule has 0 amide bonds. The van der Waals surface area contributed by atoms with Gasteiger partial charge in [0.2, 0.25) is 0 Å². The third-order valence-electron chi connectivity index (χ3n) is 2.00. The highest BCUT2D eigenvalue weighted by atomic mass is 16.4. The van der Waals surface area contributed by atoms with Gasteiger partial charge < -0.3 is 10.0 Å². The van der Waals surface area contributed by atoms with E-state index in [1.807, 2.05) is 19.0 Å². The number of nitrogens with zero attached hydrogens (tertiary/aromatic N) is 1. The van der Waals surface area contributed by atoms with Crippen LogP contribution in [0.1, 0.15) is 26.2 Å². The normalized spacial score (nSPS) is 12.9. The molecule has 0 aromatic carbocycles. The molecule has 0 aromatic rings. The maximum atomic E-state index is 11.2. The van der Waals surface area contributed by atoms with Crippen LogP contribution >= 0.6 is 0 Å². The quantitative estimate of drug-likeness (QED) is 0.667. The average Bonchev–Trinajstić information content (AvgIpc) is 2.01. The van der Waals surface area contributed by atoms with Crippen molar-refractivity contribution < 1.29 is 14.7 Å². The summed E-state index contributed by atoms with van der Waals surface area (Å²) in [4.78, 5) is 23.6. The van der Waals surface area contributed by atoms with E-state index in [-0.39, 0.29) is 18.1 Å². The van der Waals surface area contributed by atoms with Gasteiger partial charge >= 0.3 is 5.97 Å². The number of carbonyl (C=O) groups is 2. The first-order valence-corrected chi connectivity index (χ1v) is 4.84. The number of hydrogen-bond donors (Lipinski definition) is 1. The van der Waals surface area contributed by atoms with Crippen LogP contribution in [0.5, 0.6) is 0 Å². The summed E-state index contributed by atoms with van der Waals surface area (Å²) in [5.41, 5.74) is 0. The van der Waals surface area contributed by atoms with Gasteiger partial charge in [-0.25, -0.2) is 0 Å².